The van der Waals surface area contributed by atoms with Gasteiger partial charge in [0, 0.05) is 23.2 Å². The molecular weight excluding hydrogens is 343 g/mol. The number of rotatable bonds is 6. The molecule has 5 nitrogen and oxygen atoms in total. The van der Waals surface area contributed by atoms with Crippen LogP contribution in [0.15, 0.2) is 46.9 Å². The van der Waals surface area contributed by atoms with E-state index in [1.165, 1.54) is 30.3 Å². The van der Waals surface area contributed by atoms with Crippen LogP contribution in [0.3, 0.4) is 0 Å². The van der Waals surface area contributed by atoms with Gasteiger partial charge in [-0.1, -0.05) is 15.9 Å². The van der Waals surface area contributed by atoms with Gasteiger partial charge in [-0.05, 0) is 30.3 Å². The third-order valence-electron chi connectivity index (χ3n) is 2.66. The van der Waals surface area contributed by atoms with E-state index in [9.17, 15) is 14.5 Å². The van der Waals surface area contributed by atoms with E-state index in [2.05, 4.69) is 21.2 Å². The molecule has 0 radical (unpaired) electrons. The third kappa shape index (κ3) is 4.42. The van der Waals surface area contributed by atoms with E-state index >= 15 is 0 Å². The van der Waals surface area contributed by atoms with Crippen molar-refractivity contribution in [2.75, 3.05) is 18.5 Å². The Kier molecular flexibility index (Phi) is 5.10. The molecule has 2 aromatic rings. The Morgan fingerprint density at radius 3 is 2.57 bits per heavy atom. The molecular formula is C14H12BrFN2O3. The number of non-ortho nitro benzene ring substituents is 1. The minimum atomic E-state index is -0.471. The van der Waals surface area contributed by atoms with Crippen molar-refractivity contribution in [1.29, 1.82) is 0 Å². The van der Waals surface area contributed by atoms with E-state index in [0.29, 0.717) is 29.1 Å². The van der Waals surface area contributed by atoms with Gasteiger partial charge >= 0.3 is 0 Å². The van der Waals surface area contributed by atoms with Crippen molar-refractivity contribution < 1.29 is 14.1 Å². The summed E-state index contributed by atoms with van der Waals surface area (Å²) in [5.41, 5.74) is 0.405. The fourth-order valence-corrected chi connectivity index (χ4v) is 1.98. The van der Waals surface area contributed by atoms with Crippen LogP contribution in [0.5, 0.6) is 5.75 Å². The first kappa shape index (κ1) is 15.2. The standard InChI is InChI=1S/C14H12BrFN2O3/c15-10-1-6-14(13(16)9-10)17-7-8-21-12-4-2-11(3-5-12)18(19)20/h1-6,9,17H,7-8H2. The molecule has 0 atom stereocenters. The molecule has 0 unspecified atom stereocenters. The molecule has 0 spiro atoms. The van der Waals surface area contributed by atoms with Crippen molar-refractivity contribution in [3.63, 3.8) is 0 Å². The van der Waals surface area contributed by atoms with Crippen molar-refractivity contribution in [3.8, 4) is 5.75 Å². The molecule has 2 rings (SSSR count). The van der Waals surface area contributed by atoms with Gasteiger partial charge in [-0.25, -0.2) is 4.39 Å². The number of anilines is 1. The molecule has 21 heavy (non-hydrogen) atoms. The molecule has 0 heterocycles. The molecule has 0 aliphatic heterocycles. The zero-order chi connectivity index (χ0) is 15.2. The highest BCUT2D eigenvalue weighted by molar-refractivity contribution is 9.10. The van der Waals surface area contributed by atoms with Crippen LogP contribution in [0.1, 0.15) is 0 Å². The number of halogens is 2. The lowest BCUT2D eigenvalue weighted by Gasteiger charge is -2.09. The van der Waals surface area contributed by atoms with Gasteiger partial charge in [-0.15, -0.1) is 0 Å². The van der Waals surface area contributed by atoms with Crippen LogP contribution in [-0.2, 0) is 0 Å². The number of nitrogens with one attached hydrogen (secondary N) is 1. The van der Waals surface area contributed by atoms with Crippen LogP contribution in [0.2, 0.25) is 0 Å². The van der Waals surface area contributed by atoms with Crippen LogP contribution in [0, 0.1) is 15.9 Å². The summed E-state index contributed by atoms with van der Waals surface area (Å²) < 4.78 is 19.6. The molecule has 0 saturated heterocycles. The summed E-state index contributed by atoms with van der Waals surface area (Å²) in [5.74, 6) is 0.179. The first-order chi connectivity index (χ1) is 10.1. The largest absolute Gasteiger partial charge is 0.492 e. The SMILES string of the molecule is O=[N+]([O-])c1ccc(OCCNc2ccc(Br)cc2F)cc1. The number of hydrogen-bond donors (Lipinski definition) is 1. The van der Waals surface area contributed by atoms with Crippen molar-refractivity contribution >= 4 is 27.3 Å². The lowest BCUT2D eigenvalue weighted by Crippen LogP contribution is -2.12. The zero-order valence-corrected chi connectivity index (χ0v) is 12.5. The lowest BCUT2D eigenvalue weighted by atomic mass is 10.3. The molecule has 0 aliphatic carbocycles. The summed E-state index contributed by atoms with van der Waals surface area (Å²) in [5, 5.41) is 13.4. The van der Waals surface area contributed by atoms with Gasteiger partial charge in [0.25, 0.3) is 5.69 Å². The summed E-state index contributed by atoms with van der Waals surface area (Å²) >= 11 is 3.18. The second-order valence-corrected chi connectivity index (χ2v) is 5.07. The van der Waals surface area contributed by atoms with Gasteiger partial charge in [-0.2, -0.15) is 0 Å². The maximum atomic E-state index is 13.5. The molecule has 0 aromatic heterocycles. The van der Waals surface area contributed by atoms with E-state index in [-0.39, 0.29) is 11.5 Å². The predicted molar refractivity (Wildman–Crippen MR) is 81.2 cm³/mol. The molecule has 0 bridgehead atoms. The van der Waals surface area contributed by atoms with Crippen LogP contribution in [0.4, 0.5) is 15.8 Å². The maximum absolute atomic E-state index is 13.5. The summed E-state index contributed by atoms with van der Waals surface area (Å²) in [4.78, 5) is 10.0. The highest BCUT2D eigenvalue weighted by Gasteiger charge is 2.05. The minimum absolute atomic E-state index is 0.0115. The summed E-state index contributed by atoms with van der Waals surface area (Å²) in [7, 11) is 0. The molecule has 0 saturated carbocycles. The Balaban J connectivity index is 1.80. The van der Waals surface area contributed by atoms with E-state index in [1.807, 2.05) is 0 Å². The Bertz CT molecular complexity index is 635. The Labute approximate surface area is 129 Å². The van der Waals surface area contributed by atoms with E-state index < -0.39 is 4.92 Å². The lowest BCUT2D eigenvalue weighted by molar-refractivity contribution is -0.384. The number of hydrogen-bond acceptors (Lipinski definition) is 4. The molecule has 2 aromatic carbocycles. The Morgan fingerprint density at radius 2 is 1.95 bits per heavy atom. The average molecular weight is 355 g/mol. The van der Waals surface area contributed by atoms with Crippen molar-refractivity contribution in [2.45, 2.75) is 0 Å². The van der Waals surface area contributed by atoms with Crippen molar-refractivity contribution in [2.24, 2.45) is 0 Å². The maximum Gasteiger partial charge on any atom is 0.269 e. The van der Waals surface area contributed by atoms with Gasteiger partial charge in [0.05, 0.1) is 10.6 Å². The summed E-state index contributed by atoms with van der Waals surface area (Å²) in [6, 6.07) is 10.5. The van der Waals surface area contributed by atoms with Crippen LogP contribution < -0.4 is 10.1 Å². The molecule has 0 aliphatic rings. The van der Waals surface area contributed by atoms with Crippen molar-refractivity contribution in [1.82, 2.24) is 0 Å². The number of benzene rings is 2. The predicted octanol–water partition coefficient (Wildman–Crippen LogP) is 3.99. The van der Waals surface area contributed by atoms with Crippen LogP contribution in [0.25, 0.3) is 0 Å². The van der Waals surface area contributed by atoms with Gasteiger partial charge in [0.2, 0.25) is 0 Å². The van der Waals surface area contributed by atoms with E-state index in [4.69, 9.17) is 4.74 Å². The number of nitro groups is 1. The Hall–Kier alpha value is -2.15. The van der Waals surface area contributed by atoms with E-state index in [1.54, 1.807) is 12.1 Å². The van der Waals surface area contributed by atoms with Crippen molar-refractivity contribution in [3.05, 3.63) is 62.9 Å². The smallest absolute Gasteiger partial charge is 0.269 e. The fraction of sp³-hybridized carbons (Fsp3) is 0.143. The van der Waals surface area contributed by atoms with Crippen LogP contribution >= 0.6 is 15.9 Å². The van der Waals surface area contributed by atoms with Gasteiger partial charge in [0.1, 0.15) is 18.2 Å². The Morgan fingerprint density at radius 1 is 1.24 bits per heavy atom. The zero-order valence-electron chi connectivity index (χ0n) is 10.9. The molecule has 0 fully saturated rings. The summed E-state index contributed by atoms with van der Waals surface area (Å²) in [6.45, 7) is 0.725. The molecule has 1 N–H and O–H groups in total. The quantitative estimate of drug-likeness (QED) is 0.484. The second-order valence-electron chi connectivity index (χ2n) is 4.15. The molecule has 0 amide bonds. The van der Waals surface area contributed by atoms with Gasteiger partial charge in [-0.3, -0.25) is 10.1 Å². The number of nitrogens with zero attached hydrogens (tertiary/aromatic N) is 1. The van der Waals surface area contributed by atoms with E-state index in [0.717, 1.165) is 0 Å². The van der Waals surface area contributed by atoms with Gasteiger partial charge < -0.3 is 10.1 Å². The number of ether oxygens (including phenoxy) is 1. The fourth-order valence-electron chi connectivity index (χ4n) is 1.65. The monoisotopic (exact) mass is 354 g/mol. The number of nitro benzene ring substituents is 1. The minimum Gasteiger partial charge on any atom is -0.492 e. The molecule has 110 valence electrons. The highest BCUT2D eigenvalue weighted by Crippen LogP contribution is 2.19. The first-order valence-corrected chi connectivity index (χ1v) is 6.92. The first-order valence-electron chi connectivity index (χ1n) is 6.12. The molecule has 7 heteroatoms. The second kappa shape index (κ2) is 7.03. The highest BCUT2D eigenvalue weighted by atomic mass is 79.9. The average Bonchev–Trinajstić information content (AvgIpc) is 2.46. The summed E-state index contributed by atoms with van der Waals surface area (Å²) in [6.07, 6.45) is 0. The topological polar surface area (TPSA) is 64.4 Å². The van der Waals surface area contributed by atoms with Crippen LogP contribution in [-0.4, -0.2) is 18.1 Å². The van der Waals surface area contributed by atoms with Gasteiger partial charge in [0.15, 0.2) is 0 Å². The normalized spacial score (nSPS) is 10.2. The third-order valence-corrected chi connectivity index (χ3v) is 3.16.